The van der Waals surface area contributed by atoms with Crippen LogP contribution < -0.4 is 16.4 Å². The molecule has 0 radical (unpaired) electrons. The number of benzene rings is 1. The number of hydrogen-bond acceptors (Lipinski definition) is 5. The van der Waals surface area contributed by atoms with Crippen molar-refractivity contribution in [2.45, 2.75) is 20.3 Å². The standard InChI is InChI=1S/C14H18ClN5/c1-3-6-17-12-8-13(20-14(16)19-12)18-11-7-9(2)4-5-10(11)15/h4-5,7-8H,3,6H2,1-2H3,(H4,16,17,18,19,20). The minimum Gasteiger partial charge on any atom is -0.370 e. The summed E-state index contributed by atoms with van der Waals surface area (Å²) in [7, 11) is 0. The molecule has 4 N–H and O–H groups in total. The molecule has 0 bridgehead atoms. The summed E-state index contributed by atoms with van der Waals surface area (Å²) in [5.41, 5.74) is 7.63. The topological polar surface area (TPSA) is 75.9 Å². The van der Waals surface area contributed by atoms with Crippen LogP contribution in [0.2, 0.25) is 5.02 Å². The Morgan fingerprint density at radius 1 is 1.20 bits per heavy atom. The third kappa shape index (κ3) is 3.74. The highest BCUT2D eigenvalue weighted by atomic mass is 35.5. The van der Waals surface area contributed by atoms with Crippen molar-refractivity contribution in [3.05, 3.63) is 34.9 Å². The van der Waals surface area contributed by atoms with Gasteiger partial charge in [0.05, 0.1) is 10.7 Å². The van der Waals surface area contributed by atoms with Gasteiger partial charge >= 0.3 is 0 Å². The zero-order chi connectivity index (χ0) is 14.5. The Kier molecular flexibility index (Phi) is 4.63. The average molecular weight is 292 g/mol. The van der Waals surface area contributed by atoms with Crippen molar-refractivity contribution in [2.75, 3.05) is 22.9 Å². The maximum absolute atomic E-state index is 6.16. The highest BCUT2D eigenvalue weighted by Crippen LogP contribution is 2.26. The second kappa shape index (κ2) is 6.43. The molecule has 0 fully saturated rings. The third-order valence-corrected chi connectivity index (χ3v) is 3.01. The first-order valence-electron chi connectivity index (χ1n) is 6.50. The van der Waals surface area contributed by atoms with E-state index in [0.29, 0.717) is 16.7 Å². The van der Waals surface area contributed by atoms with Crippen LogP contribution in [0.3, 0.4) is 0 Å². The first-order valence-corrected chi connectivity index (χ1v) is 6.88. The van der Waals surface area contributed by atoms with E-state index in [1.165, 1.54) is 0 Å². The van der Waals surface area contributed by atoms with Gasteiger partial charge in [-0.2, -0.15) is 9.97 Å². The lowest BCUT2D eigenvalue weighted by Crippen LogP contribution is -2.07. The van der Waals surface area contributed by atoms with E-state index in [0.717, 1.165) is 24.2 Å². The molecule has 0 amide bonds. The molecule has 0 saturated carbocycles. The minimum atomic E-state index is 0.220. The average Bonchev–Trinajstić information content (AvgIpc) is 2.40. The highest BCUT2D eigenvalue weighted by molar-refractivity contribution is 6.33. The van der Waals surface area contributed by atoms with E-state index in [1.807, 2.05) is 31.2 Å². The number of halogens is 1. The number of nitrogens with zero attached hydrogens (tertiary/aromatic N) is 2. The van der Waals surface area contributed by atoms with E-state index in [-0.39, 0.29) is 5.95 Å². The van der Waals surface area contributed by atoms with Crippen LogP contribution in [0.15, 0.2) is 24.3 Å². The quantitative estimate of drug-likeness (QED) is 0.785. The second-order valence-electron chi connectivity index (χ2n) is 4.53. The number of nitrogens with one attached hydrogen (secondary N) is 2. The Bertz CT molecular complexity index is 600. The Morgan fingerprint density at radius 2 is 1.95 bits per heavy atom. The maximum Gasteiger partial charge on any atom is 0.223 e. The number of nitrogens with two attached hydrogens (primary N) is 1. The number of aryl methyl sites for hydroxylation is 1. The van der Waals surface area contributed by atoms with Gasteiger partial charge in [0, 0.05) is 12.6 Å². The Balaban J connectivity index is 2.24. The molecule has 1 heterocycles. The van der Waals surface area contributed by atoms with Crippen molar-refractivity contribution < 1.29 is 0 Å². The number of hydrogen-bond donors (Lipinski definition) is 3. The monoisotopic (exact) mass is 291 g/mol. The number of anilines is 4. The van der Waals surface area contributed by atoms with Gasteiger partial charge in [0.15, 0.2) is 0 Å². The molecule has 1 aromatic heterocycles. The van der Waals surface area contributed by atoms with Gasteiger partial charge in [-0.3, -0.25) is 0 Å². The van der Waals surface area contributed by atoms with Crippen LogP contribution in [0.4, 0.5) is 23.3 Å². The highest BCUT2D eigenvalue weighted by Gasteiger charge is 2.05. The molecule has 106 valence electrons. The van der Waals surface area contributed by atoms with Crippen LogP contribution >= 0.6 is 11.6 Å². The van der Waals surface area contributed by atoms with E-state index < -0.39 is 0 Å². The van der Waals surface area contributed by atoms with Gasteiger partial charge in [-0.05, 0) is 31.0 Å². The second-order valence-corrected chi connectivity index (χ2v) is 4.94. The predicted octanol–water partition coefficient (Wildman–Crippen LogP) is 3.59. The number of nitrogen functional groups attached to an aromatic ring is 1. The lowest BCUT2D eigenvalue weighted by Gasteiger charge is -2.11. The van der Waals surface area contributed by atoms with Gasteiger partial charge in [-0.25, -0.2) is 0 Å². The smallest absolute Gasteiger partial charge is 0.223 e. The van der Waals surface area contributed by atoms with Crippen LogP contribution in [0.25, 0.3) is 0 Å². The van der Waals surface area contributed by atoms with Crippen molar-refractivity contribution in [1.82, 2.24) is 9.97 Å². The fourth-order valence-electron chi connectivity index (χ4n) is 1.75. The Hall–Kier alpha value is -2.01. The van der Waals surface area contributed by atoms with Gasteiger partial charge < -0.3 is 16.4 Å². The molecule has 20 heavy (non-hydrogen) atoms. The van der Waals surface area contributed by atoms with Gasteiger partial charge in [-0.15, -0.1) is 0 Å². The molecule has 0 saturated heterocycles. The molecule has 6 heteroatoms. The van der Waals surface area contributed by atoms with Crippen LogP contribution in [-0.2, 0) is 0 Å². The summed E-state index contributed by atoms with van der Waals surface area (Å²) in [6.07, 6.45) is 1.01. The van der Waals surface area contributed by atoms with Crippen LogP contribution in [-0.4, -0.2) is 16.5 Å². The minimum absolute atomic E-state index is 0.220. The van der Waals surface area contributed by atoms with Crippen molar-refractivity contribution >= 4 is 34.9 Å². The zero-order valence-corrected chi connectivity index (χ0v) is 12.3. The van der Waals surface area contributed by atoms with Gasteiger partial charge in [-0.1, -0.05) is 24.6 Å². The lowest BCUT2D eigenvalue weighted by molar-refractivity contribution is 0.967. The van der Waals surface area contributed by atoms with E-state index >= 15 is 0 Å². The lowest BCUT2D eigenvalue weighted by atomic mass is 10.2. The van der Waals surface area contributed by atoms with E-state index in [4.69, 9.17) is 17.3 Å². The molecule has 2 aromatic rings. The number of aromatic nitrogens is 2. The summed E-state index contributed by atoms with van der Waals surface area (Å²) in [5, 5.41) is 6.99. The fourth-order valence-corrected chi connectivity index (χ4v) is 1.91. The Morgan fingerprint density at radius 3 is 2.70 bits per heavy atom. The summed E-state index contributed by atoms with van der Waals surface area (Å²) in [4.78, 5) is 8.30. The molecule has 0 unspecified atom stereocenters. The van der Waals surface area contributed by atoms with Crippen LogP contribution in [0.5, 0.6) is 0 Å². The molecule has 0 aliphatic rings. The predicted molar refractivity (Wildman–Crippen MR) is 84.7 cm³/mol. The van der Waals surface area contributed by atoms with Gasteiger partial charge in [0.1, 0.15) is 11.6 Å². The van der Waals surface area contributed by atoms with Crippen LogP contribution in [0.1, 0.15) is 18.9 Å². The third-order valence-electron chi connectivity index (χ3n) is 2.68. The normalized spacial score (nSPS) is 10.3. The molecular weight excluding hydrogens is 274 g/mol. The first kappa shape index (κ1) is 14.4. The summed E-state index contributed by atoms with van der Waals surface area (Å²) < 4.78 is 0. The molecule has 0 spiro atoms. The molecule has 0 aliphatic heterocycles. The fraction of sp³-hybridized carbons (Fsp3) is 0.286. The first-order chi connectivity index (χ1) is 9.58. The Labute approximate surface area is 123 Å². The summed E-state index contributed by atoms with van der Waals surface area (Å²) in [6.45, 7) is 4.93. The van der Waals surface area contributed by atoms with Gasteiger partial charge in [0.2, 0.25) is 5.95 Å². The van der Waals surface area contributed by atoms with Crippen molar-refractivity contribution in [2.24, 2.45) is 0 Å². The molecular formula is C14H18ClN5. The molecule has 5 nitrogen and oxygen atoms in total. The summed E-state index contributed by atoms with van der Waals surface area (Å²) in [5.74, 6) is 1.53. The summed E-state index contributed by atoms with van der Waals surface area (Å²) in [6, 6.07) is 7.57. The number of rotatable bonds is 5. The van der Waals surface area contributed by atoms with E-state index in [9.17, 15) is 0 Å². The van der Waals surface area contributed by atoms with E-state index in [2.05, 4.69) is 27.5 Å². The summed E-state index contributed by atoms with van der Waals surface area (Å²) >= 11 is 6.16. The molecule has 0 atom stereocenters. The van der Waals surface area contributed by atoms with Gasteiger partial charge in [0.25, 0.3) is 0 Å². The molecule has 2 rings (SSSR count). The SMILES string of the molecule is CCCNc1cc(Nc2cc(C)ccc2Cl)nc(N)n1. The van der Waals surface area contributed by atoms with E-state index in [1.54, 1.807) is 0 Å². The molecule has 1 aromatic carbocycles. The largest absolute Gasteiger partial charge is 0.370 e. The van der Waals surface area contributed by atoms with Crippen LogP contribution in [0, 0.1) is 6.92 Å². The molecule has 0 aliphatic carbocycles. The van der Waals surface area contributed by atoms with Crippen molar-refractivity contribution in [1.29, 1.82) is 0 Å². The van der Waals surface area contributed by atoms with Crippen molar-refractivity contribution in [3.8, 4) is 0 Å². The maximum atomic E-state index is 6.16. The van der Waals surface area contributed by atoms with Crippen molar-refractivity contribution in [3.63, 3.8) is 0 Å². The zero-order valence-electron chi connectivity index (χ0n) is 11.6.